The highest BCUT2D eigenvalue weighted by molar-refractivity contribution is 5.94. The molecule has 0 spiro atoms. The largest absolute Gasteiger partial charge is 0.478 e. The fourth-order valence-electron chi connectivity index (χ4n) is 3.17. The number of carboxylic acids is 1. The Morgan fingerprint density at radius 1 is 1.26 bits per heavy atom. The molecule has 2 N–H and O–H groups in total. The van der Waals surface area contributed by atoms with Crippen molar-refractivity contribution in [1.82, 2.24) is 14.7 Å². The summed E-state index contributed by atoms with van der Waals surface area (Å²) in [6.07, 6.45) is 4.59. The van der Waals surface area contributed by atoms with Crippen molar-refractivity contribution in [3.05, 3.63) is 41.7 Å². The van der Waals surface area contributed by atoms with Crippen LogP contribution in [0.4, 0.5) is 5.69 Å². The molecular formula is C19H22N4O4. The van der Waals surface area contributed by atoms with Gasteiger partial charge < -0.3 is 15.3 Å². The van der Waals surface area contributed by atoms with Crippen molar-refractivity contribution in [2.24, 2.45) is 0 Å². The number of aromatic carboxylic acids is 1. The first kappa shape index (κ1) is 18.6. The summed E-state index contributed by atoms with van der Waals surface area (Å²) in [5, 5.41) is 16.1. The van der Waals surface area contributed by atoms with Crippen molar-refractivity contribution in [2.75, 3.05) is 18.4 Å². The molecule has 0 atom stereocenters. The number of carbonyl (C=O) groups excluding carboxylic acids is 2. The van der Waals surface area contributed by atoms with E-state index in [1.165, 1.54) is 10.9 Å². The second-order valence-electron chi connectivity index (χ2n) is 6.59. The molecule has 8 heteroatoms. The van der Waals surface area contributed by atoms with Crippen LogP contribution in [0.2, 0.25) is 0 Å². The second-order valence-corrected chi connectivity index (χ2v) is 6.59. The molecule has 27 heavy (non-hydrogen) atoms. The van der Waals surface area contributed by atoms with Gasteiger partial charge >= 0.3 is 5.97 Å². The van der Waals surface area contributed by atoms with Gasteiger partial charge in [-0.2, -0.15) is 5.10 Å². The van der Waals surface area contributed by atoms with E-state index in [1.807, 2.05) is 0 Å². The van der Waals surface area contributed by atoms with Crippen molar-refractivity contribution in [2.45, 2.75) is 32.6 Å². The third kappa shape index (κ3) is 4.33. The van der Waals surface area contributed by atoms with Crippen molar-refractivity contribution in [1.29, 1.82) is 0 Å². The van der Waals surface area contributed by atoms with Gasteiger partial charge in [0.2, 0.25) is 11.8 Å². The quantitative estimate of drug-likeness (QED) is 0.840. The highest BCUT2D eigenvalue weighted by Gasteiger charge is 2.19. The Labute approximate surface area is 156 Å². The molecule has 0 unspecified atom stereocenters. The Balaban J connectivity index is 1.71. The zero-order valence-electron chi connectivity index (χ0n) is 15.1. The lowest BCUT2D eigenvalue weighted by Gasteiger charge is -2.20. The Bertz CT molecular complexity index is 874. The summed E-state index contributed by atoms with van der Waals surface area (Å²) in [6.45, 7) is 2.32. The minimum absolute atomic E-state index is 0.0183. The molecule has 1 aromatic heterocycles. The van der Waals surface area contributed by atoms with Crippen LogP contribution in [0, 0.1) is 6.92 Å². The molecule has 1 fully saturated rings. The molecule has 1 aliphatic rings. The smallest absolute Gasteiger partial charge is 0.339 e. The van der Waals surface area contributed by atoms with E-state index in [2.05, 4.69) is 10.4 Å². The van der Waals surface area contributed by atoms with Gasteiger partial charge in [-0.05, 0) is 38.0 Å². The van der Waals surface area contributed by atoms with Gasteiger partial charge in [-0.15, -0.1) is 0 Å². The third-order valence-corrected chi connectivity index (χ3v) is 4.62. The molecule has 0 radical (unpaired) electrons. The fraction of sp³-hybridized carbons (Fsp3) is 0.368. The molecule has 1 aromatic carbocycles. The topological polar surface area (TPSA) is 105 Å². The van der Waals surface area contributed by atoms with Gasteiger partial charge in [-0.1, -0.05) is 12.5 Å². The number of benzene rings is 1. The van der Waals surface area contributed by atoms with Crippen LogP contribution in [0.15, 0.2) is 30.5 Å². The van der Waals surface area contributed by atoms with E-state index in [0.29, 0.717) is 30.0 Å². The molecular weight excluding hydrogens is 348 g/mol. The van der Waals surface area contributed by atoms with E-state index in [1.54, 1.807) is 36.1 Å². The maximum Gasteiger partial charge on any atom is 0.339 e. The number of amides is 2. The number of nitrogens with one attached hydrogen (secondary N) is 1. The lowest BCUT2D eigenvalue weighted by molar-refractivity contribution is -0.134. The average Bonchev–Trinajstić information content (AvgIpc) is 2.90. The van der Waals surface area contributed by atoms with Gasteiger partial charge in [-0.3, -0.25) is 9.59 Å². The van der Waals surface area contributed by atoms with Gasteiger partial charge in [0.15, 0.2) is 0 Å². The maximum absolute atomic E-state index is 12.3. The average molecular weight is 370 g/mol. The van der Waals surface area contributed by atoms with E-state index in [4.69, 9.17) is 5.11 Å². The number of hydrogen-bond donors (Lipinski definition) is 2. The van der Waals surface area contributed by atoms with Crippen LogP contribution in [-0.4, -0.2) is 50.7 Å². The lowest BCUT2D eigenvalue weighted by Crippen LogP contribution is -2.37. The predicted molar refractivity (Wildman–Crippen MR) is 98.9 cm³/mol. The van der Waals surface area contributed by atoms with Gasteiger partial charge in [0.1, 0.15) is 5.56 Å². The number of carboxylic acid groups (broad SMARTS) is 1. The monoisotopic (exact) mass is 370 g/mol. The van der Waals surface area contributed by atoms with Crippen LogP contribution in [0.1, 0.15) is 41.7 Å². The summed E-state index contributed by atoms with van der Waals surface area (Å²) >= 11 is 0. The highest BCUT2D eigenvalue weighted by Crippen LogP contribution is 2.18. The number of carbonyl (C=O) groups is 3. The molecule has 0 saturated carbocycles. The summed E-state index contributed by atoms with van der Waals surface area (Å²) in [6, 6.07) is 6.99. The maximum atomic E-state index is 12.3. The van der Waals surface area contributed by atoms with E-state index >= 15 is 0 Å². The van der Waals surface area contributed by atoms with Gasteiger partial charge in [0.05, 0.1) is 24.1 Å². The zero-order chi connectivity index (χ0) is 19.4. The minimum Gasteiger partial charge on any atom is -0.478 e. The summed E-state index contributed by atoms with van der Waals surface area (Å²) in [7, 11) is 0. The van der Waals surface area contributed by atoms with E-state index < -0.39 is 5.97 Å². The van der Waals surface area contributed by atoms with Gasteiger partial charge in [0, 0.05) is 18.7 Å². The standard InChI is InChI=1S/C19H22N4O4/c1-13-16(19(26)27)11-20-23(13)15-7-5-6-14(10-15)21-17(24)12-22-9-4-2-3-8-18(22)25/h5-7,10-11H,2-4,8-9,12H2,1H3,(H,21,24)(H,26,27). The third-order valence-electron chi connectivity index (χ3n) is 4.62. The van der Waals surface area contributed by atoms with Crippen molar-refractivity contribution in [3.63, 3.8) is 0 Å². The molecule has 2 amide bonds. The molecule has 1 aliphatic heterocycles. The number of anilines is 1. The van der Waals surface area contributed by atoms with Crippen LogP contribution in [0.5, 0.6) is 0 Å². The first-order valence-corrected chi connectivity index (χ1v) is 8.91. The van der Waals surface area contributed by atoms with Crippen LogP contribution in [0.25, 0.3) is 5.69 Å². The van der Waals surface area contributed by atoms with Crippen molar-refractivity contribution in [3.8, 4) is 5.69 Å². The molecule has 1 saturated heterocycles. The predicted octanol–water partition coefficient (Wildman–Crippen LogP) is 2.22. The Hall–Kier alpha value is -3.16. The number of rotatable bonds is 5. The molecule has 2 aromatic rings. The molecule has 0 bridgehead atoms. The number of aromatic nitrogens is 2. The summed E-state index contributed by atoms with van der Waals surface area (Å²) in [5.74, 6) is -1.28. The highest BCUT2D eigenvalue weighted by atomic mass is 16.4. The summed E-state index contributed by atoms with van der Waals surface area (Å²) < 4.78 is 1.51. The number of hydrogen-bond acceptors (Lipinski definition) is 4. The molecule has 3 rings (SSSR count). The Kier molecular flexibility index (Phi) is 5.54. The van der Waals surface area contributed by atoms with Gasteiger partial charge in [0.25, 0.3) is 0 Å². The summed E-state index contributed by atoms with van der Waals surface area (Å²) in [5.41, 5.74) is 1.83. The van der Waals surface area contributed by atoms with E-state index in [-0.39, 0.29) is 23.9 Å². The first-order chi connectivity index (χ1) is 13.0. The SMILES string of the molecule is Cc1c(C(=O)O)cnn1-c1cccc(NC(=O)CN2CCCCCC2=O)c1. The normalized spacial score (nSPS) is 14.7. The zero-order valence-corrected chi connectivity index (χ0v) is 15.1. The molecule has 8 nitrogen and oxygen atoms in total. The van der Waals surface area contributed by atoms with Crippen molar-refractivity contribution >= 4 is 23.5 Å². The molecule has 142 valence electrons. The lowest BCUT2D eigenvalue weighted by atomic mass is 10.2. The van der Waals surface area contributed by atoms with Crippen LogP contribution in [0.3, 0.4) is 0 Å². The number of nitrogens with zero attached hydrogens (tertiary/aromatic N) is 3. The van der Waals surface area contributed by atoms with Crippen LogP contribution >= 0.6 is 0 Å². The van der Waals surface area contributed by atoms with E-state index in [0.717, 1.165) is 19.3 Å². The molecule has 0 aliphatic carbocycles. The Morgan fingerprint density at radius 3 is 2.81 bits per heavy atom. The number of likely N-dealkylation sites (tertiary alicyclic amines) is 1. The Morgan fingerprint density at radius 2 is 2.07 bits per heavy atom. The first-order valence-electron chi connectivity index (χ1n) is 8.91. The van der Waals surface area contributed by atoms with Crippen LogP contribution in [-0.2, 0) is 9.59 Å². The minimum atomic E-state index is -1.04. The van der Waals surface area contributed by atoms with Crippen LogP contribution < -0.4 is 5.32 Å². The second kappa shape index (κ2) is 8.03. The van der Waals surface area contributed by atoms with Gasteiger partial charge in [-0.25, -0.2) is 9.48 Å². The fourth-order valence-corrected chi connectivity index (χ4v) is 3.17. The summed E-state index contributed by atoms with van der Waals surface area (Å²) in [4.78, 5) is 37.1. The van der Waals surface area contributed by atoms with Crippen molar-refractivity contribution < 1.29 is 19.5 Å². The van der Waals surface area contributed by atoms with E-state index in [9.17, 15) is 14.4 Å². The molecule has 2 heterocycles.